The monoisotopic (exact) mass is 528 g/mol. The zero-order valence-corrected chi connectivity index (χ0v) is 21.3. The third-order valence-corrected chi connectivity index (χ3v) is 6.98. The quantitative estimate of drug-likeness (QED) is 0.460. The minimum atomic E-state index is -4.69. The molecule has 38 heavy (non-hydrogen) atoms. The Balaban J connectivity index is 1.22. The molecular formula is C26H31F3N8O. The van der Waals surface area contributed by atoms with Crippen LogP contribution < -0.4 is 4.90 Å². The van der Waals surface area contributed by atoms with Crippen LogP contribution in [-0.2, 0) is 6.18 Å². The van der Waals surface area contributed by atoms with Crippen LogP contribution in [0.2, 0.25) is 0 Å². The van der Waals surface area contributed by atoms with Crippen molar-refractivity contribution in [1.29, 1.82) is 0 Å². The Hall–Kier alpha value is -3.35. The number of anilines is 1. The molecule has 0 bridgehead atoms. The largest absolute Gasteiger partial charge is 0.471 e. The first-order valence-corrected chi connectivity index (χ1v) is 12.7. The summed E-state index contributed by atoms with van der Waals surface area (Å²) in [7, 11) is 2.17. The van der Waals surface area contributed by atoms with E-state index in [1.165, 1.54) is 18.0 Å². The van der Waals surface area contributed by atoms with Crippen molar-refractivity contribution >= 4 is 12.0 Å². The van der Waals surface area contributed by atoms with Gasteiger partial charge in [-0.05, 0) is 12.6 Å². The zero-order valence-electron chi connectivity index (χ0n) is 21.3. The summed E-state index contributed by atoms with van der Waals surface area (Å²) in [6, 6.07) is 10.6. The van der Waals surface area contributed by atoms with Crippen LogP contribution in [0.1, 0.15) is 11.5 Å². The molecule has 0 aliphatic carbocycles. The first-order valence-electron chi connectivity index (χ1n) is 12.7. The Morgan fingerprint density at radius 3 is 2.26 bits per heavy atom. The average Bonchev–Trinajstić information content (AvgIpc) is 3.44. The van der Waals surface area contributed by atoms with Crippen LogP contribution in [-0.4, -0.2) is 107 Å². The Morgan fingerprint density at radius 2 is 1.63 bits per heavy atom. The number of rotatable bonds is 7. The molecule has 5 rings (SSSR count). The lowest BCUT2D eigenvalue weighted by Crippen LogP contribution is -2.55. The van der Waals surface area contributed by atoms with Crippen LogP contribution in [0.15, 0.2) is 53.3 Å². The number of hydrogen-bond donors (Lipinski definition) is 0. The molecule has 1 aromatic carbocycles. The Kier molecular flexibility index (Phi) is 8.01. The maximum absolute atomic E-state index is 12.7. The fourth-order valence-electron chi connectivity index (χ4n) is 4.69. The number of likely N-dealkylation sites (N-methyl/N-ethyl adjacent to an activating group) is 1. The molecule has 2 aliphatic heterocycles. The second-order valence-corrected chi connectivity index (χ2v) is 9.66. The van der Waals surface area contributed by atoms with E-state index in [9.17, 15) is 13.2 Å². The molecule has 12 heteroatoms. The van der Waals surface area contributed by atoms with Crippen LogP contribution in [0, 0.1) is 0 Å². The minimum absolute atomic E-state index is 0.189. The Morgan fingerprint density at radius 1 is 0.947 bits per heavy atom. The summed E-state index contributed by atoms with van der Waals surface area (Å²) in [4.78, 5) is 21.6. The average molecular weight is 529 g/mol. The van der Waals surface area contributed by atoms with Crippen LogP contribution in [0.25, 0.3) is 17.5 Å². The van der Waals surface area contributed by atoms with Crippen molar-refractivity contribution in [1.82, 2.24) is 34.8 Å². The summed E-state index contributed by atoms with van der Waals surface area (Å²) >= 11 is 0. The summed E-state index contributed by atoms with van der Waals surface area (Å²) in [6.45, 7) is 8.47. The second kappa shape index (κ2) is 11.6. The summed E-state index contributed by atoms with van der Waals surface area (Å²) in [5, 5.41) is 3.40. The van der Waals surface area contributed by atoms with Gasteiger partial charge in [-0.1, -0.05) is 47.6 Å². The highest BCUT2D eigenvalue weighted by Crippen LogP contribution is 2.29. The topological polar surface area (TPSA) is 77.7 Å². The Labute approximate surface area is 219 Å². The SMILES string of the molecule is CN1CCN(CC(/C=C/c2ccccc2)N2CCN(c3ncc(-c4noc(C(F)(F)F)n4)cn3)CC2)CC1. The molecule has 9 nitrogen and oxygen atoms in total. The van der Waals surface area contributed by atoms with Gasteiger partial charge >= 0.3 is 12.1 Å². The molecule has 0 radical (unpaired) electrons. The molecule has 0 N–H and O–H groups in total. The molecule has 0 saturated carbocycles. The molecule has 0 spiro atoms. The fraction of sp³-hybridized carbons (Fsp3) is 0.462. The van der Waals surface area contributed by atoms with Crippen molar-refractivity contribution in [3.8, 4) is 11.4 Å². The maximum atomic E-state index is 12.7. The van der Waals surface area contributed by atoms with E-state index >= 15 is 0 Å². The smallest absolute Gasteiger partial charge is 0.338 e. The number of halogens is 3. The predicted molar refractivity (Wildman–Crippen MR) is 137 cm³/mol. The highest BCUT2D eigenvalue weighted by atomic mass is 19.4. The molecule has 2 aromatic heterocycles. The van der Waals surface area contributed by atoms with Gasteiger partial charge in [-0.25, -0.2) is 9.97 Å². The van der Waals surface area contributed by atoms with Crippen molar-refractivity contribution in [3.05, 3.63) is 60.3 Å². The summed E-state index contributed by atoms with van der Waals surface area (Å²) in [6.07, 6.45) is 2.69. The van der Waals surface area contributed by atoms with Crippen LogP contribution in [0.5, 0.6) is 0 Å². The molecule has 0 amide bonds. The van der Waals surface area contributed by atoms with Crippen molar-refractivity contribution < 1.29 is 17.7 Å². The molecule has 2 saturated heterocycles. The standard InChI is InChI=1S/C26H31F3N8O/c1-34-9-11-35(12-10-34)19-22(8-7-20-5-3-2-4-6-20)36-13-15-37(16-14-36)25-30-17-21(18-31-25)23-32-24(38-33-23)26(27,28)29/h2-8,17-18,22H,9-16,19H2,1H3/b8-7+. The van der Waals surface area contributed by atoms with Gasteiger partial charge in [0.2, 0.25) is 11.8 Å². The van der Waals surface area contributed by atoms with Gasteiger partial charge in [0.15, 0.2) is 0 Å². The van der Waals surface area contributed by atoms with E-state index in [0.29, 0.717) is 5.95 Å². The highest BCUT2D eigenvalue weighted by molar-refractivity contribution is 5.52. The van der Waals surface area contributed by atoms with Gasteiger partial charge in [0, 0.05) is 77.3 Å². The van der Waals surface area contributed by atoms with Crippen molar-refractivity contribution in [2.75, 3.05) is 70.9 Å². The third kappa shape index (κ3) is 6.55. The molecule has 1 unspecified atom stereocenters. The van der Waals surface area contributed by atoms with Crippen molar-refractivity contribution in [2.24, 2.45) is 0 Å². The lowest BCUT2D eigenvalue weighted by molar-refractivity contribution is -0.159. The van der Waals surface area contributed by atoms with Gasteiger partial charge in [-0.2, -0.15) is 18.2 Å². The molecule has 2 fully saturated rings. The van der Waals surface area contributed by atoms with Gasteiger partial charge in [-0.3, -0.25) is 9.80 Å². The van der Waals surface area contributed by atoms with Crippen LogP contribution in [0.4, 0.5) is 19.1 Å². The molecule has 4 heterocycles. The number of piperazine rings is 2. The predicted octanol–water partition coefficient (Wildman–Crippen LogP) is 3.00. The van der Waals surface area contributed by atoms with E-state index in [1.807, 2.05) is 18.2 Å². The van der Waals surface area contributed by atoms with E-state index in [-0.39, 0.29) is 17.4 Å². The van der Waals surface area contributed by atoms with Gasteiger partial charge in [-0.15, -0.1) is 0 Å². The summed E-state index contributed by atoms with van der Waals surface area (Å²) in [5.41, 5.74) is 1.46. The number of hydrogen-bond acceptors (Lipinski definition) is 9. The van der Waals surface area contributed by atoms with E-state index in [0.717, 1.165) is 58.9 Å². The first-order chi connectivity index (χ1) is 18.3. The second-order valence-electron chi connectivity index (χ2n) is 9.66. The van der Waals surface area contributed by atoms with Gasteiger partial charge in [0.05, 0.1) is 5.56 Å². The van der Waals surface area contributed by atoms with E-state index in [2.05, 4.69) is 75.6 Å². The molecule has 1 atom stereocenters. The van der Waals surface area contributed by atoms with E-state index in [1.54, 1.807) is 0 Å². The van der Waals surface area contributed by atoms with Gasteiger partial charge in [0.25, 0.3) is 0 Å². The highest BCUT2D eigenvalue weighted by Gasteiger charge is 2.38. The number of nitrogens with zero attached hydrogens (tertiary/aromatic N) is 8. The minimum Gasteiger partial charge on any atom is -0.338 e. The van der Waals surface area contributed by atoms with Crippen LogP contribution in [0.3, 0.4) is 0 Å². The maximum Gasteiger partial charge on any atom is 0.471 e. The molecule has 2 aliphatic rings. The number of benzene rings is 1. The van der Waals surface area contributed by atoms with Gasteiger partial charge in [0.1, 0.15) is 0 Å². The molecule has 3 aromatic rings. The van der Waals surface area contributed by atoms with E-state index < -0.39 is 12.1 Å². The van der Waals surface area contributed by atoms with Gasteiger partial charge < -0.3 is 14.3 Å². The number of aromatic nitrogens is 4. The lowest BCUT2D eigenvalue weighted by Gasteiger charge is -2.41. The Bertz CT molecular complexity index is 1190. The zero-order chi connectivity index (χ0) is 26.5. The van der Waals surface area contributed by atoms with Crippen LogP contribution >= 0.6 is 0 Å². The lowest BCUT2D eigenvalue weighted by atomic mass is 10.1. The molecule has 202 valence electrons. The summed E-state index contributed by atoms with van der Waals surface area (Å²) in [5.74, 6) is -1.05. The first kappa shape index (κ1) is 26.3. The van der Waals surface area contributed by atoms with E-state index in [4.69, 9.17) is 0 Å². The summed E-state index contributed by atoms with van der Waals surface area (Å²) < 4.78 is 42.5. The normalized spacial score (nSPS) is 19.3. The van der Waals surface area contributed by atoms with Crippen molar-refractivity contribution in [3.63, 3.8) is 0 Å². The fourth-order valence-corrected chi connectivity index (χ4v) is 4.69. The number of alkyl halides is 3. The third-order valence-electron chi connectivity index (χ3n) is 6.98. The van der Waals surface area contributed by atoms with Crippen molar-refractivity contribution in [2.45, 2.75) is 12.2 Å². The molecular weight excluding hydrogens is 497 g/mol.